The fraction of sp³-hybridized carbons (Fsp3) is 0.429. The molecule has 0 aliphatic heterocycles. The third-order valence-electron chi connectivity index (χ3n) is 2.88. The van der Waals surface area contributed by atoms with Crippen LogP contribution in [0.5, 0.6) is 0 Å². The normalized spacial score (nSPS) is 12.8. The van der Waals surface area contributed by atoms with Crippen LogP contribution in [0.25, 0.3) is 5.69 Å². The highest BCUT2D eigenvalue weighted by atomic mass is 32.2. The fourth-order valence-electron chi connectivity index (χ4n) is 1.86. The number of nitrogens with zero attached hydrogens (tertiary/aromatic N) is 3. The van der Waals surface area contributed by atoms with Crippen molar-refractivity contribution in [1.82, 2.24) is 20.3 Å². The van der Waals surface area contributed by atoms with Crippen LogP contribution in [0.3, 0.4) is 0 Å². The van der Waals surface area contributed by atoms with Gasteiger partial charge in [0, 0.05) is 5.75 Å². The molecule has 0 saturated heterocycles. The second kappa shape index (κ2) is 6.73. The molecule has 0 aliphatic rings. The number of para-hydroxylation sites is 1. The smallest absolute Gasteiger partial charge is 0.0823 e. The summed E-state index contributed by atoms with van der Waals surface area (Å²) < 4.78 is 1.90. The Morgan fingerprint density at radius 1 is 1.26 bits per heavy atom. The third kappa shape index (κ3) is 3.58. The lowest BCUT2D eigenvalue weighted by Crippen LogP contribution is -2.22. The van der Waals surface area contributed by atoms with Gasteiger partial charge in [0.1, 0.15) is 0 Å². The second-order valence-corrected chi connectivity index (χ2v) is 6.24. The lowest BCUT2D eigenvalue weighted by atomic mass is 10.2. The first-order chi connectivity index (χ1) is 9.22. The van der Waals surface area contributed by atoms with Crippen molar-refractivity contribution < 1.29 is 0 Å². The summed E-state index contributed by atoms with van der Waals surface area (Å²) in [5, 5.41) is 12.2. The van der Waals surface area contributed by atoms with Gasteiger partial charge in [-0.1, -0.05) is 37.3 Å². The van der Waals surface area contributed by atoms with E-state index in [4.69, 9.17) is 0 Å². The van der Waals surface area contributed by atoms with Crippen LogP contribution in [-0.2, 0) is 0 Å². The number of nitrogens with one attached hydrogen (secondary N) is 1. The van der Waals surface area contributed by atoms with E-state index < -0.39 is 0 Å². The van der Waals surface area contributed by atoms with E-state index in [0.29, 0.717) is 5.25 Å². The van der Waals surface area contributed by atoms with Crippen LogP contribution in [0.4, 0.5) is 0 Å². The van der Waals surface area contributed by atoms with Crippen molar-refractivity contribution in [3.63, 3.8) is 0 Å². The third-order valence-corrected chi connectivity index (χ3v) is 4.07. The quantitative estimate of drug-likeness (QED) is 0.881. The highest BCUT2D eigenvalue weighted by molar-refractivity contribution is 7.99. The van der Waals surface area contributed by atoms with E-state index in [-0.39, 0.29) is 6.04 Å². The molecule has 2 rings (SSSR count). The summed E-state index contributed by atoms with van der Waals surface area (Å²) in [7, 11) is 1.98. The zero-order valence-electron chi connectivity index (χ0n) is 11.6. The van der Waals surface area contributed by atoms with Crippen LogP contribution in [0.15, 0.2) is 36.5 Å². The van der Waals surface area contributed by atoms with Crippen molar-refractivity contribution >= 4 is 11.8 Å². The van der Waals surface area contributed by atoms with Gasteiger partial charge in [-0.25, -0.2) is 4.68 Å². The van der Waals surface area contributed by atoms with Gasteiger partial charge in [-0.3, -0.25) is 0 Å². The van der Waals surface area contributed by atoms with E-state index in [1.165, 1.54) is 0 Å². The molecule has 1 heterocycles. The summed E-state index contributed by atoms with van der Waals surface area (Å²) in [4.78, 5) is 0. The molecule has 0 radical (unpaired) electrons. The molecule has 5 heteroatoms. The molecule has 0 amide bonds. The Hall–Kier alpha value is -1.33. The summed E-state index contributed by atoms with van der Waals surface area (Å²) in [5.74, 6) is 1.01. The Bertz CT molecular complexity index is 495. The molecule has 0 fully saturated rings. The minimum atomic E-state index is 0.252. The van der Waals surface area contributed by atoms with E-state index in [0.717, 1.165) is 17.1 Å². The lowest BCUT2D eigenvalue weighted by Gasteiger charge is -2.18. The van der Waals surface area contributed by atoms with Gasteiger partial charge in [0.15, 0.2) is 0 Å². The second-order valence-electron chi connectivity index (χ2n) is 4.63. The summed E-state index contributed by atoms with van der Waals surface area (Å²) in [5.41, 5.74) is 2.15. The molecule has 0 saturated carbocycles. The van der Waals surface area contributed by atoms with E-state index in [2.05, 4.69) is 29.5 Å². The van der Waals surface area contributed by atoms with Crippen molar-refractivity contribution in [2.45, 2.75) is 25.1 Å². The van der Waals surface area contributed by atoms with Crippen LogP contribution >= 0.6 is 11.8 Å². The first kappa shape index (κ1) is 14.1. The molecule has 1 atom stereocenters. The SMILES string of the molecule is CNC(CSC(C)C)c1cnnn1-c1ccccc1. The maximum Gasteiger partial charge on any atom is 0.0823 e. The molecular formula is C14H20N4S. The van der Waals surface area contributed by atoms with E-state index in [1.54, 1.807) is 0 Å². The molecule has 2 aromatic rings. The summed E-state index contributed by atoms with van der Waals surface area (Å²) in [6.45, 7) is 4.42. The maximum absolute atomic E-state index is 4.20. The van der Waals surface area contributed by atoms with Gasteiger partial charge in [0.05, 0.1) is 23.6 Å². The molecule has 0 spiro atoms. The number of thioether (sulfide) groups is 1. The highest BCUT2D eigenvalue weighted by Crippen LogP contribution is 2.22. The number of rotatable bonds is 6. The molecule has 19 heavy (non-hydrogen) atoms. The number of hydrogen-bond donors (Lipinski definition) is 1. The Morgan fingerprint density at radius 3 is 2.63 bits per heavy atom. The summed E-state index contributed by atoms with van der Waals surface area (Å²) in [6.07, 6.45) is 1.84. The fourth-order valence-corrected chi connectivity index (χ4v) is 2.77. The zero-order chi connectivity index (χ0) is 13.7. The molecule has 102 valence electrons. The average molecular weight is 276 g/mol. The number of aromatic nitrogens is 3. The Balaban J connectivity index is 2.22. The Morgan fingerprint density at radius 2 is 2.00 bits per heavy atom. The highest BCUT2D eigenvalue weighted by Gasteiger charge is 2.16. The first-order valence-electron chi connectivity index (χ1n) is 6.47. The predicted octanol–water partition coefficient (Wildman–Crippen LogP) is 2.67. The van der Waals surface area contributed by atoms with Gasteiger partial charge in [0.2, 0.25) is 0 Å². The van der Waals surface area contributed by atoms with E-state index in [1.807, 2.05) is 60.0 Å². The summed E-state index contributed by atoms with van der Waals surface area (Å²) >= 11 is 1.93. The lowest BCUT2D eigenvalue weighted by molar-refractivity contribution is 0.609. The predicted molar refractivity (Wildman–Crippen MR) is 80.8 cm³/mol. The minimum Gasteiger partial charge on any atom is -0.311 e. The van der Waals surface area contributed by atoms with Crippen LogP contribution < -0.4 is 5.32 Å². The standard InChI is InChI=1S/C14H20N4S/c1-11(2)19-10-13(15-3)14-9-16-17-18(14)12-7-5-4-6-8-12/h4-9,11,13,15H,10H2,1-3H3. The van der Waals surface area contributed by atoms with Crippen LogP contribution in [0.1, 0.15) is 25.6 Å². The van der Waals surface area contributed by atoms with Crippen molar-refractivity contribution in [2.24, 2.45) is 0 Å². The molecule has 1 unspecified atom stereocenters. The molecular weight excluding hydrogens is 256 g/mol. The van der Waals surface area contributed by atoms with Gasteiger partial charge >= 0.3 is 0 Å². The van der Waals surface area contributed by atoms with Crippen molar-refractivity contribution in [1.29, 1.82) is 0 Å². The van der Waals surface area contributed by atoms with Crippen molar-refractivity contribution in [2.75, 3.05) is 12.8 Å². The van der Waals surface area contributed by atoms with Crippen molar-refractivity contribution in [3.05, 3.63) is 42.2 Å². The maximum atomic E-state index is 4.20. The molecule has 1 aromatic carbocycles. The first-order valence-corrected chi connectivity index (χ1v) is 7.52. The van der Waals surface area contributed by atoms with Gasteiger partial charge in [0.25, 0.3) is 0 Å². The van der Waals surface area contributed by atoms with Gasteiger partial charge in [-0.15, -0.1) is 5.10 Å². The van der Waals surface area contributed by atoms with Gasteiger partial charge in [-0.2, -0.15) is 11.8 Å². The largest absolute Gasteiger partial charge is 0.311 e. The van der Waals surface area contributed by atoms with Crippen LogP contribution in [0.2, 0.25) is 0 Å². The molecule has 0 aliphatic carbocycles. The number of hydrogen-bond acceptors (Lipinski definition) is 4. The molecule has 1 N–H and O–H groups in total. The minimum absolute atomic E-state index is 0.252. The number of benzene rings is 1. The average Bonchev–Trinajstić information content (AvgIpc) is 2.89. The topological polar surface area (TPSA) is 42.7 Å². The monoisotopic (exact) mass is 276 g/mol. The van der Waals surface area contributed by atoms with E-state index >= 15 is 0 Å². The summed E-state index contributed by atoms with van der Waals surface area (Å²) in [6, 6.07) is 10.4. The zero-order valence-corrected chi connectivity index (χ0v) is 12.4. The molecule has 4 nitrogen and oxygen atoms in total. The van der Waals surface area contributed by atoms with E-state index in [9.17, 15) is 0 Å². The molecule has 0 bridgehead atoms. The van der Waals surface area contributed by atoms with Crippen LogP contribution in [-0.4, -0.2) is 33.0 Å². The van der Waals surface area contributed by atoms with Gasteiger partial charge in [-0.05, 0) is 24.4 Å². The van der Waals surface area contributed by atoms with Crippen molar-refractivity contribution in [3.8, 4) is 5.69 Å². The van der Waals surface area contributed by atoms with Crippen LogP contribution in [0, 0.1) is 0 Å². The molecule has 1 aromatic heterocycles. The Labute approximate surface area is 118 Å². The Kier molecular flexibility index (Phi) is 4.99. The van der Waals surface area contributed by atoms with Gasteiger partial charge < -0.3 is 5.32 Å².